The zero-order chi connectivity index (χ0) is 14.7. The van der Waals surface area contributed by atoms with E-state index in [4.69, 9.17) is 10.5 Å². The molecule has 0 bridgehead atoms. The zero-order valence-corrected chi connectivity index (χ0v) is 12.5. The van der Waals surface area contributed by atoms with Gasteiger partial charge in [-0.15, -0.1) is 0 Å². The molecule has 0 spiro atoms. The van der Waals surface area contributed by atoms with Gasteiger partial charge in [-0.3, -0.25) is 0 Å². The van der Waals surface area contributed by atoms with Crippen molar-refractivity contribution in [2.45, 2.75) is 19.0 Å². The van der Waals surface area contributed by atoms with Crippen LogP contribution in [0.15, 0.2) is 48.5 Å². The van der Waals surface area contributed by atoms with Crippen molar-refractivity contribution in [1.82, 2.24) is 4.90 Å². The maximum absolute atomic E-state index is 5.81. The number of hydrogen-bond acceptors (Lipinski definition) is 3. The molecule has 0 radical (unpaired) electrons. The van der Waals surface area contributed by atoms with Crippen molar-refractivity contribution in [3.63, 3.8) is 0 Å². The van der Waals surface area contributed by atoms with Crippen LogP contribution in [0.25, 0.3) is 0 Å². The lowest BCUT2D eigenvalue weighted by Gasteiger charge is -2.21. The number of ether oxygens (including phenoxy) is 1. The van der Waals surface area contributed by atoms with Gasteiger partial charge in [0.2, 0.25) is 0 Å². The molecular formula is C18H22N2O. The molecule has 0 saturated carbocycles. The van der Waals surface area contributed by atoms with Crippen LogP contribution in [0.4, 0.5) is 0 Å². The topological polar surface area (TPSA) is 38.5 Å². The normalized spacial score (nSPS) is 16.8. The minimum absolute atomic E-state index is 0.455. The second-order valence-electron chi connectivity index (χ2n) is 5.72. The fourth-order valence-corrected chi connectivity index (χ4v) is 3.02. The number of benzene rings is 2. The predicted molar refractivity (Wildman–Crippen MR) is 85.3 cm³/mol. The van der Waals surface area contributed by atoms with E-state index in [0.717, 1.165) is 25.4 Å². The Balaban J connectivity index is 1.66. The fourth-order valence-electron chi connectivity index (χ4n) is 3.02. The van der Waals surface area contributed by atoms with Crippen molar-refractivity contribution in [2.24, 2.45) is 5.73 Å². The van der Waals surface area contributed by atoms with Crippen molar-refractivity contribution in [1.29, 1.82) is 0 Å². The highest BCUT2D eigenvalue weighted by Gasteiger charge is 2.24. The van der Waals surface area contributed by atoms with Crippen LogP contribution in [-0.4, -0.2) is 25.1 Å². The maximum atomic E-state index is 5.81. The lowest BCUT2D eigenvalue weighted by Crippen LogP contribution is -2.25. The molecule has 3 heteroatoms. The third kappa shape index (κ3) is 3.09. The Morgan fingerprint density at radius 3 is 2.62 bits per heavy atom. The van der Waals surface area contributed by atoms with E-state index < -0.39 is 0 Å². The number of nitrogens with zero attached hydrogens (tertiary/aromatic N) is 1. The van der Waals surface area contributed by atoms with Crippen molar-refractivity contribution in [3.8, 4) is 5.75 Å². The first-order chi connectivity index (χ1) is 10.3. The van der Waals surface area contributed by atoms with E-state index in [-0.39, 0.29) is 0 Å². The molecule has 1 aliphatic heterocycles. The monoisotopic (exact) mass is 282 g/mol. The summed E-state index contributed by atoms with van der Waals surface area (Å²) < 4.78 is 5.76. The lowest BCUT2D eigenvalue weighted by atomic mass is 10.0. The largest absolute Gasteiger partial charge is 0.493 e. The van der Waals surface area contributed by atoms with E-state index in [0.29, 0.717) is 12.5 Å². The number of rotatable bonds is 5. The van der Waals surface area contributed by atoms with E-state index in [1.54, 1.807) is 0 Å². The molecule has 0 aromatic heterocycles. The summed E-state index contributed by atoms with van der Waals surface area (Å²) in [5.74, 6) is 1.49. The number of likely N-dealkylation sites (N-methyl/N-ethyl adjacent to an activating group) is 1. The summed E-state index contributed by atoms with van der Waals surface area (Å²) in [6.45, 7) is 3.30. The van der Waals surface area contributed by atoms with Crippen molar-refractivity contribution in [2.75, 3.05) is 20.2 Å². The summed E-state index contributed by atoms with van der Waals surface area (Å²) in [5.41, 5.74) is 9.69. The Kier molecular flexibility index (Phi) is 4.23. The molecule has 0 fully saturated rings. The van der Waals surface area contributed by atoms with Gasteiger partial charge in [-0.05, 0) is 24.2 Å². The van der Waals surface area contributed by atoms with Crippen LogP contribution in [0.5, 0.6) is 5.75 Å². The third-order valence-corrected chi connectivity index (χ3v) is 4.11. The molecule has 1 aliphatic rings. The van der Waals surface area contributed by atoms with Crippen LogP contribution in [-0.2, 0) is 13.1 Å². The van der Waals surface area contributed by atoms with Gasteiger partial charge in [0.25, 0.3) is 0 Å². The molecule has 0 saturated heterocycles. The van der Waals surface area contributed by atoms with E-state index in [9.17, 15) is 0 Å². The van der Waals surface area contributed by atoms with Gasteiger partial charge in [0.05, 0.1) is 6.61 Å². The lowest BCUT2D eigenvalue weighted by molar-refractivity contribution is 0.261. The molecule has 2 aromatic carbocycles. The second kappa shape index (κ2) is 6.29. The summed E-state index contributed by atoms with van der Waals surface area (Å²) in [6.07, 6.45) is 0. The molecule has 3 rings (SSSR count). The molecule has 1 heterocycles. The fraction of sp³-hybridized carbons (Fsp3) is 0.333. The smallest absolute Gasteiger partial charge is 0.122 e. The van der Waals surface area contributed by atoms with Crippen LogP contribution in [0.2, 0.25) is 0 Å². The Morgan fingerprint density at radius 1 is 1.10 bits per heavy atom. The molecular weight excluding hydrogens is 260 g/mol. The molecule has 21 heavy (non-hydrogen) atoms. The van der Waals surface area contributed by atoms with Crippen LogP contribution < -0.4 is 10.5 Å². The molecule has 110 valence electrons. The van der Waals surface area contributed by atoms with Crippen molar-refractivity contribution >= 4 is 0 Å². The molecule has 1 atom stereocenters. The van der Waals surface area contributed by atoms with Gasteiger partial charge in [-0.2, -0.15) is 0 Å². The molecule has 2 N–H and O–H groups in total. The summed E-state index contributed by atoms with van der Waals surface area (Å²) in [4.78, 5) is 2.35. The first kappa shape index (κ1) is 14.1. The van der Waals surface area contributed by atoms with Gasteiger partial charge in [-0.25, -0.2) is 0 Å². The highest BCUT2D eigenvalue weighted by atomic mass is 16.5. The van der Waals surface area contributed by atoms with Gasteiger partial charge >= 0.3 is 0 Å². The summed E-state index contributed by atoms with van der Waals surface area (Å²) in [5, 5.41) is 0. The summed E-state index contributed by atoms with van der Waals surface area (Å²) in [7, 11) is 2.16. The zero-order valence-electron chi connectivity index (χ0n) is 12.5. The number of hydrogen-bond donors (Lipinski definition) is 1. The van der Waals surface area contributed by atoms with E-state index in [2.05, 4.69) is 48.3 Å². The quantitative estimate of drug-likeness (QED) is 0.916. The molecule has 0 amide bonds. The van der Waals surface area contributed by atoms with E-state index in [1.807, 2.05) is 12.1 Å². The molecule has 3 nitrogen and oxygen atoms in total. The Bertz CT molecular complexity index is 612. The first-order valence-electron chi connectivity index (χ1n) is 7.45. The summed E-state index contributed by atoms with van der Waals surface area (Å²) in [6, 6.07) is 16.7. The Hall–Kier alpha value is -1.84. The van der Waals surface area contributed by atoms with Gasteiger partial charge in [0.1, 0.15) is 5.75 Å². The molecule has 0 aliphatic carbocycles. The van der Waals surface area contributed by atoms with Gasteiger partial charge in [0, 0.05) is 31.1 Å². The van der Waals surface area contributed by atoms with Crippen molar-refractivity contribution < 1.29 is 4.74 Å². The minimum Gasteiger partial charge on any atom is -0.493 e. The second-order valence-corrected chi connectivity index (χ2v) is 5.72. The first-order valence-corrected chi connectivity index (χ1v) is 7.45. The van der Waals surface area contributed by atoms with Gasteiger partial charge in [0.15, 0.2) is 0 Å². The highest BCUT2D eigenvalue weighted by Crippen LogP contribution is 2.33. The number of nitrogens with two attached hydrogens (primary N) is 1. The third-order valence-electron chi connectivity index (χ3n) is 4.11. The van der Waals surface area contributed by atoms with Crippen molar-refractivity contribution in [3.05, 3.63) is 65.2 Å². The van der Waals surface area contributed by atoms with Crippen LogP contribution in [0, 0.1) is 0 Å². The van der Waals surface area contributed by atoms with Crippen LogP contribution in [0.1, 0.15) is 22.6 Å². The standard InChI is InChI=1S/C18H22N2O/c1-20(11-15-7-3-2-6-14(15)10-19)12-16-13-21-18-9-5-4-8-17(16)18/h2-9,16H,10-13,19H2,1H3. The van der Waals surface area contributed by atoms with E-state index >= 15 is 0 Å². The van der Waals surface area contributed by atoms with Crippen LogP contribution in [0.3, 0.4) is 0 Å². The van der Waals surface area contributed by atoms with E-state index in [1.165, 1.54) is 16.7 Å². The summed E-state index contributed by atoms with van der Waals surface area (Å²) >= 11 is 0. The molecule has 1 unspecified atom stereocenters. The van der Waals surface area contributed by atoms with Gasteiger partial charge < -0.3 is 15.4 Å². The van der Waals surface area contributed by atoms with Gasteiger partial charge in [-0.1, -0.05) is 42.5 Å². The number of fused-ring (bicyclic) bond motifs is 1. The average molecular weight is 282 g/mol. The Morgan fingerprint density at radius 2 is 1.81 bits per heavy atom. The maximum Gasteiger partial charge on any atom is 0.122 e. The van der Waals surface area contributed by atoms with Crippen LogP contribution >= 0.6 is 0 Å². The average Bonchev–Trinajstić information content (AvgIpc) is 2.91. The Labute approximate surface area is 126 Å². The SMILES string of the molecule is CN(Cc1ccccc1CN)CC1COc2ccccc21. The molecule has 2 aromatic rings. The minimum atomic E-state index is 0.455. The number of para-hydroxylation sites is 1. The highest BCUT2D eigenvalue weighted by molar-refractivity contribution is 5.39. The predicted octanol–water partition coefficient (Wildman–Crippen LogP) is 2.75.